The number of thiophene rings is 1. The van der Waals surface area contributed by atoms with Gasteiger partial charge >= 0.3 is 0 Å². The number of nitrogens with zero attached hydrogens (tertiary/aromatic N) is 2. The van der Waals surface area contributed by atoms with Gasteiger partial charge in [-0.05, 0) is 44.6 Å². The SMILES string of the molecule is CC(=O)c1ccc(NC[C@@H](c2cccs2)N(C)C)c([N+](=O)[O-])c1. The molecule has 7 heteroatoms. The van der Waals surface area contributed by atoms with Gasteiger partial charge in [0.2, 0.25) is 0 Å². The molecule has 6 nitrogen and oxygen atoms in total. The van der Waals surface area contributed by atoms with Crippen molar-refractivity contribution in [2.45, 2.75) is 13.0 Å². The number of likely N-dealkylation sites (N-methyl/N-ethyl adjacent to an activating group) is 1. The van der Waals surface area contributed by atoms with Gasteiger partial charge in [-0.25, -0.2) is 0 Å². The number of carbonyl (C=O) groups excluding carboxylic acids is 1. The van der Waals surface area contributed by atoms with Gasteiger partial charge in [-0.3, -0.25) is 14.9 Å². The van der Waals surface area contributed by atoms with Crippen LogP contribution in [0.25, 0.3) is 0 Å². The lowest BCUT2D eigenvalue weighted by Crippen LogP contribution is -2.26. The summed E-state index contributed by atoms with van der Waals surface area (Å²) in [5.74, 6) is -0.190. The molecule has 0 saturated carbocycles. The van der Waals surface area contributed by atoms with E-state index in [0.29, 0.717) is 17.8 Å². The van der Waals surface area contributed by atoms with Crippen molar-refractivity contribution >= 4 is 28.5 Å². The van der Waals surface area contributed by atoms with E-state index in [-0.39, 0.29) is 17.5 Å². The maximum Gasteiger partial charge on any atom is 0.293 e. The number of nitro benzene ring substituents is 1. The van der Waals surface area contributed by atoms with Gasteiger partial charge in [0.15, 0.2) is 5.78 Å². The summed E-state index contributed by atoms with van der Waals surface area (Å²) in [6.45, 7) is 1.93. The summed E-state index contributed by atoms with van der Waals surface area (Å²) >= 11 is 1.65. The smallest absolute Gasteiger partial charge is 0.293 e. The minimum atomic E-state index is -0.468. The van der Waals surface area contributed by atoms with Crippen molar-refractivity contribution in [1.29, 1.82) is 0 Å². The molecule has 0 spiro atoms. The number of rotatable bonds is 7. The average Bonchev–Trinajstić information content (AvgIpc) is 3.00. The average molecular weight is 333 g/mol. The normalized spacial score (nSPS) is 12.2. The first-order chi connectivity index (χ1) is 10.9. The van der Waals surface area contributed by atoms with Crippen LogP contribution in [-0.2, 0) is 0 Å². The second-order valence-corrected chi connectivity index (χ2v) is 6.40. The standard InChI is InChI=1S/C16H19N3O3S/c1-11(20)12-6-7-13(14(9-12)19(21)22)17-10-15(18(2)3)16-5-4-8-23-16/h4-9,15,17H,10H2,1-3H3/t15-/m0/s1. The van der Waals surface area contributed by atoms with Crippen molar-refractivity contribution in [3.8, 4) is 0 Å². The summed E-state index contributed by atoms with van der Waals surface area (Å²) in [6, 6.07) is 8.66. The number of anilines is 1. The fourth-order valence-corrected chi connectivity index (χ4v) is 3.20. The molecule has 1 atom stereocenters. The predicted molar refractivity (Wildman–Crippen MR) is 92.3 cm³/mol. The number of hydrogen-bond acceptors (Lipinski definition) is 6. The largest absolute Gasteiger partial charge is 0.378 e. The fourth-order valence-electron chi connectivity index (χ4n) is 2.28. The van der Waals surface area contributed by atoms with Crippen LogP contribution in [0, 0.1) is 10.1 Å². The number of Topliss-reactive ketones (excluding diaryl/α,β-unsaturated/α-hetero) is 1. The highest BCUT2D eigenvalue weighted by Gasteiger charge is 2.19. The van der Waals surface area contributed by atoms with Crippen molar-refractivity contribution in [1.82, 2.24) is 4.90 Å². The number of nitrogens with one attached hydrogen (secondary N) is 1. The van der Waals surface area contributed by atoms with Gasteiger partial charge in [-0.15, -0.1) is 11.3 Å². The molecule has 1 aromatic carbocycles. The molecule has 0 radical (unpaired) electrons. The van der Waals surface area contributed by atoms with E-state index in [2.05, 4.69) is 10.2 Å². The Morgan fingerprint density at radius 3 is 2.65 bits per heavy atom. The van der Waals surface area contributed by atoms with Crippen LogP contribution >= 0.6 is 11.3 Å². The van der Waals surface area contributed by atoms with Crippen LogP contribution < -0.4 is 5.32 Å². The molecule has 0 saturated heterocycles. The van der Waals surface area contributed by atoms with Crippen molar-refractivity contribution in [2.24, 2.45) is 0 Å². The first-order valence-electron chi connectivity index (χ1n) is 7.13. The van der Waals surface area contributed by atoms with Crippen molar-refractivity contribution < 1.29 is 9.72 Å². The van der Waals surface area contributed by atoms with Crippen LogP contribution in [0.1, 0.15) is 28.2 Å². The third kappa shape index (κ3) is 4.14. The molecule has 0 aliphatic heterocycles. The second kappa shape index (κ2) is 7.34. The number of ketones is 1. The van der Waals surface area contributed by atoms with Gasteiger partial charge in [0.25, 0.3) is 5.69 Å². The monoisotopic (exact) mass is 333 g/mol. The molecule has 1 heterocycles. The Kier molecular flexibility index (Phi) is 5.46. The molecule has 0 bridgehead atoms. The third-order valence-electron chi connectivity index (χ3n) is 3.58. The Hall–Kier alpha value is -2.25. The molecule has 23 heavy (non-hydrogen) atoms. The summed E-state index contributed by atoms with van der Waals surface area (Å²) in [7, 11) is 3.94. The Morgan fingerprint density at radius 2 is 2.13 bits per heavy atom. The number of benzene rings is 1. The van der Waals surface area contributed by atoms with Crippen LogP contribution in [0.3, 0.4) is 0 Å². The molecule has 0 fully saturated rings. The highest BCUT2D eigenvalue weighted by Crippen LogP contribution is 2.28. The molecule has 122 valence electrons. The van der Waals surface area contributed by atoms with Crippen LogP contribution in [0.4, 0.5) is 11.4 Å². The van der Waals surface area contributed by atoms with Gasteiger partial charge < -0.3 is 10.2 Å². The first-order valence-corrected chi connectivity index (χ1v) is 8.01. The second-order valence-electron chi connectivity index (χ2n) is 5.42. The summed E-state index contributed by atoms with van der Waals surface area (Å²) in [5, 5.41) is 16.4. The van der Waals surface area contributed by atoms with Gasteiger partial charge in [0, 0.05) is 23.1 Å². The highest BCUT2D eigenvalue weighted by atomic mass is 32.1. The van der Waals surface area contributed by atoms with E-state index >= 15 is 0 Å². The first kappa shape index (κ1) is 17.1. The lowest BCUT2D eigenvalue weighted by atomic mass is 10.1. The van der Waals surface area contributed by atoms with Crippen molar-refractivity contribution in [3.05, 3.63) is 56.3 Å². The Bertz CT molecular complexity index is 699. The Morgan fingerprint density at radius 1 is 1.39 bits per heavy atom. The minimum Gasteiger partial charge on any atom is -0.378 e. The van der Waals surface area contributed by atoms with Gasteiger partial charge in [0.1, 0.15) is 5.69 Å². The molecule has 0 unspecified atom stereocenters. The van der Waals surface area contributed by atoms with Crippen LogP contribution in [-0.4, -0.2) is 36.2 Å². The molecule has 0 aliphatic carbocycles. The zero-order chi connectivity index (χ0) is 17.0. The number of carbonyl (C=O) groups is 1. The molecule has 2 rings (SSSR count). The summed E-state index contributed by atoms with van der Waals surface area (Å²) in [6.07, 6.45) is 0. The minimum absolute atomic E-state index is 0.0821. The summed E-state index contributed by atoms with van der Waals surface area (Å²) < 4.78 is 0. The van der Waals surface area contributed by atoms with Crippen LogP contribution in [0.2, 0.25) is 0 Å². The summed E-state index contributed by atoms with van der Waals surface area (Å²) in [5.41, 5.74) is 0.675. The molecule has 1 N–H and O–H groups in total. The van der Waals surface area contributed by atoms with Crippen LogP contribution in [0.5, 0.6) is 0 Å². The lowest BCUT2D eigenvalue weighted by molar-refractivity contribution is -0.384. The van der Waals surface area contributed by atoms with Gasteiger partial charge in [-0.1, -0.05) is 6.07 Å². The van der Waals surface area contributed by atoms with E-state index in [1.165, 1.54) is 17.9 Å². The molecule has 0 amide bonds. The molecular weight excluding hydrogens is 314 g/mol. The Balaban J connectivity index is 2.22. The lowest BCUT2D eigenvalue weighted by Gasteiger charge is -2.24. The van der Waals surface area contributed by atoms with Crippen LogP contribution in [0.15, 0.2) is 35.7 Å². The maximum atomic E-state index is 11.4. The zero-order valence-electron chi connectivity index (χ0n) is 13.3. The molecular formula is C16H19N3O3S. The van der Waals surface area contributed by atoms with Crippen molar-refractivity contribution in [2.75, 3.05) is 26.0 Å². The molecule has 1 aromatic heterocycles. The van der Waals surface area contributed by atoms with Gasteiger partial charge in [-0.2, -0.15) is 0 Å². The topological polar surface area (TPSA) is 75.5 Å². The van der Waals surface area contributed by atoms with E-state index in [0.717, 1.165) is 0 Å². The number of nitro groups is 1. The van der Waals surface area contributed by atoms with E-state index in [9.17, 15) is 14.9 Å². The fraction of sp³-hybridized carbons (Fsp3) is 0.312. The predicted octanol–water partition coefficient (Wildman–Crippen LogP) is 3.57. The van der Waals surface area contributed by atoms with Crippen molar-refractivity contribution in [3.63, 3.8) is 0 Å². The third-order valence-corrected chi connectivity index (χ3v) is 4.56. The quantitative estimate of drug-likeness (QED) is 0.476. The van der Waals surface area contributed by atoms with E-state index in [1.54, 1.807) is 23.5 Å². The molecule has 0 aliphatic rings. The van der Waals surface area contributed by atoms with E-state index < -0.39 is 4.92 Å². The maximum absolute atomic E-state index is 11.4. The van der Waals surface area contributed by atoms with Gasteiger partial charge in [0.05, 0.1) is 11.0 Å². The zero-order valence-corrected chi connectivity index (χ0v) is 14.1. The Labute approximate surface area is 138 Å². The summed E-state index contributed by atoms with van der Waals surface area (Å²) in [4.78, 5) is 25.4. The van der Waals surface area contributed by atoms with E-state index in [4.69, 9.17) is 0 Å². The molecule has 2 aromatic rings. The highest BCUT2D eigenvalue weighted by molar-refractivity contribution is 7.10. The van der Waals surface area contributed by atoms with E-state index in [1.807, 2.05) is 31.6 Å². The number of hydrogen-bond donors (Lipinski definition) is 1.